The summed E-state index contributed by atoms with van der Waals surface area (Å²) in [5.74, 6) is -1.35. The Balaban J connectivity index is 1.32. The maximum atomic E-state index is 13.1. The number of hydrogen-bond donors (Lipinski definition) is 2. The molecule has 34 heavy (non-hydrogen) atoms. The average molecular weight is 488 g/mol. The van der Waals surface area contributed by atoms with E-state index < -0.39 is 17.8 Å². The fourth-order valence-electron chi connectivity index (χ4n) is 4.26. The van der Waals surface area contributed by atoms with Gasteiger partial charge in [0, 0.05) is 55.7 Å². The molecule has 8 nitrogen and oxygen atoms in total. The Hall–Kier alpha value is -3.17. The number of amides is 3. The molecule has 4 rings (SSSR count). The Morgan fingerprint density at radius 3 is 2.50 bits per heavy atom. The molecule has 2 aromatic rings. The van der Waals surface area contributed by atoms with Crippen molar-refractivity contribution in [2.24, 2.45) is 0 Å². The fraction of sp³-hybridized carbons (Fsp3) is 0.375. The van der Waals surface area contributed by atoms with E-state index in [-0.39, 0.29) is 24.8 Å². The van der Waals surface area contributed by atoms with E-state index >= 15 is 0 Å². The smallest absolute Gasteiger partial charge is 0.243 e. The van der Waals surface area contributed by atoms with E-state index in [1.807, 2.05) is 24.3 Å². The van der Waals surface area contributed by atoms with Crippen LogP contribution in [0, 0.1) is 5.82 Å². The zero-order chi connectivity index (χ0) is 24.1. The first kappa shape index (κ1) is 24.0. The lowest BCUT2D eigenvalue weighted by atomic mass is 10.1. The number of nitrogens with one attached hydrogen (secondary N) is 2. The van der Waals surface area contributed by atoms with Crippen molar-refractivity contribution >= 4 is 40.7 Å². The van der Waals surface area contributed by atoms with Crippen molar-refractivity contribution in [1.29, 1.82) is 0 Å². The van der Waals surface area contributed by atoms with E-state index in [1.54, 1.807) is 0 Å². The van der Waals surface area contributed by atoms with Crippen molar-refractivity contribution < 1.29 is 18.8 Å². The quantitative estimate of drug-likeness (QED) is 0.650. The van der Waals surface area contributed by atoms with Crippen LogP contribution in [-0.4, -0.2) is 79.4 Å². The normalized spacial score (nSPS) is 19.0. The van der Waals surface area contributed by atoms with Gasteiger partial charge >= 0.3 is 0 Å². The van der Waals surface area contributed by atoms with Crippen LogP contribution in [0.25, 0.3) is 0 Å². The van der Waals surface area contributed by atoms with Gasteiger partial charge in [0.2, 0.25) is 17.7 Å². The number of anilines is 2. The Bertz CT molecular complexity index is 1040. The Morgan fingerprint density at radius 1 is 1.06 bits per heavy atom. The molecule has 180 valence electrons. The molecule has 0 bridgehead atoms. The number of piperazine rings is 2. The highest BCUT2D eigenvalue weighted by atomic mass is 35.5. The standard InChI is InChI=1S/C24H27ClFN5O3/c25-17-2-1-3-20(14-17)30-12-10-29(11-13-30)16-23(33)31-9-8-27-24(34)21(31)15-22(32)28-19-6-4-18(26)5-7-19/h1-7,14,21H,8-13,15-16H2,(H,27,34)(H,28,32)/t21-/m0/s1. The molecule has 2 fully saturated rings. The third-order valence-electron chi connectivity index (χ3n) is 6.06. The molecular formula is C24H27ClFN5O3. The van der Waals surface area contributed by atoms with E-state index in [1.165, 1.54) is 29.2 Å². The first-order valence-corrected chi connectivity index (χ1v) is 11.6. The minimum Gasteiger partial charge on any atom is -0.369 e. The van der Waals surface area contributed by atoms with Crippen LogP contribution in [0.5, 0.6) is 0 Å². The molecule has 1 atom stereocenters. The summed E-state index contributed by atoms with van der Waals surface area (Å²) in [6.07, 6.45) is -0.169. The summed E-state index contributed by atoms with van der Waals surface area (Å²) in [7, 11) is 0. The van der Waals surface area contributed by atoms with Gasteiger partial charge in [-0.25, -0.2) is 4.39 Å². The highest BCUT2D eigenvalue weighted by Gasteiger charge is 2.35. The number of carbonyl (C=O) groups is 3. The van der Waals surface area contributed by atoms with Crippen LogP contribution in [0.4, 0.5) is 15.8 Å². The van der Waals surface area contributed by atoms with Crippen LogP contribution in [0.1, 0.15) is 6.42 Å². The minimum atomic E-state index is -0.880. The molecular weight excluding hydrogens is 461 g/mol. The molecule has 0 saturated carbocycles. The number of nitrogens with zero attached hydrogens (tertiary/aromatic N) is 3. The Labute approximate surface area is 202 Å². The SMILES string of the molecule is O=C(C[C@H]1C(=O)NCCN1C(=O)CN1CCN(c2cccc(Cl)c2)CC1)Nc1ccc(F)cc1. The molecule has 0 spiro atoms. The van der Waals surface area contributed by atoms with Gasteiger partial charge in [-0.1, -0.05) is 17.7 Å². The van der Waals surface area contributed by atoms with Crippen LogP contribution >= 0.6 is 11.6 Å². The number of hydrogen-bond acceptors (Lipinski definition) is 5. The first-order chi connectivity index (χ1) is 16.4. The minimum absolute atomic E-state index is 0.169. The van der Waals surface area contributed by atoms with Gasteiger partial charge in [-0.05, 0) is 42.5 Å². The van der Waals surface area contributed by atoms with Crippen LogP contribution in [0.15, 0.2) is 48.5 Å². The molecule has 2 heterocycles. The van der Waals surface area contributed by atoms with Crippen LogP contribution in [-0.2, 0) is 14.4 Å². The maximum Gasteiger partial charge on any atom is 0.243 e. The van der Waals surface area contributed by atoms with Gasteiger partial charge in [-0.2, -0.15) is 0 Å². The third kappa shape index (κ3) is 6.03. The molecule has 0 aliphatic carbocycles. The molecule has 0 unspecified atom stereocenters. The van der Waals surface area contributed by atoms with Crippen molar-refractivity contribution in [1.82, 2.24) is 15.1 Å². The van der Waals surface area contributed by atoms with E-state index in [2.05, 4.69) is 20.4 Å². The summed E-state index contributed by atoms with van der Waals surface area (Å²) in [5.41, 5.74) is 1.48. The van der Waals surface area contributed by atoms with E-state index in [0.29, 0.717) is 36.9 Å². The monoisotopic (exact) mass is 487 g/mol. The van der Waals surface area contributed by atoms with Gasteiger partial charge in [0.15, 0.2) is 0 Å². The number of benzene rings is 2. The third-order valence-corrected chi connectivity index (χ3v) is 6.30. The Kier molecular flexibility index (Phi) is 7.64. The van der Waals surface area contributed by atoms with E-state index in [9.17, 15) is 18.8 Å². The molecule has 3 amide bonds. The van der Waals surface area contributed by atoms with E-state index in [0.717, 1.165) is 18.8 Å². The predicted octanol–water partition coefficient (Wildman–Crippen LogP) is 1.96. The Morgan fingerprint density at radius 2 is 1.79 bits per heavy atom. The van der Waals surface area contributed by atoms with Crippen LogP contribution < -0.4 is 15.5 Å². The zero-order valence-corrected chi connectivity index (χ0v) is 19.4. The molecule has 2 N–H and O–H groups in total. The van der Waals surface area contributed by atoms with Crippen molar-refractivity contribution in [2.75, 3.05) is 56.0 Å². The summed E-state index contributed by atoms with van der Waals surface area (Å²) in [4.78, 5) is 43.9. The molecule has 2 aliphatic heterocycles. The number of carbonyl (C=O) groups excluding carboxylic acids is 3. The van der Waals surface area contributed by atoms with E-state index in [4.69, 9.17) is 11.6 Å². The number of halogens is 2. The summed E-state index contributed by atoms with van der Waals surface area (Å²) in [6, 6.07) is 12.2. The zero-order valence-electron chi connectivity index (χ0n) is 18.7. The molecule has 0 radical (unpaired) electrons. The largest absolute Gasteiger partial charge is 0.369 e. The molecule has 0 aromatic heterocycles. The summed E-state index contributed by atoms with van der Waals surface area (Å²) < 4.78 is 13.1. The van der Waals surface area contributed by atoms with Gasteiger partial charge in [-0.3, -0.25) is 19.3 Å². The molecule has 2 saturated heterocycles. The summed E-state index contributed by atoms with van der Waals surface area (Å²) >= 11 is 6.10. The van der Waals surface area contributed by atoms with Crippen molar-refractivity contribution in [2.45, 2.75) is 12.5 Å². The van der Waals surface area contributed by atoms with Crippen molar-refractivity contribution in [3.8, 4) is 0 Å². The maximum absolute atomic E-state index is 13.1. The second-order valence-corrected chi connectivity index (χ2v) is 8.83. The van der Waals surface area contributed by atoms with Gasteiger partial charge in [0.25, 0.3) is 0 Å². The van der Waals surface area contributed by atoms with Gasteiger partial charge in [0.05, 0.1) is 13.0 Å². The highest BCUT2D eigenvalue weighted by Crippen LogP contribution is 2.21. The summed E-state index contributed by atoms with van der Waals surface area (Å²) in [6.45, 7) is 3.81. The lowest BCUT2D eigenvalue weighted by molar-refractivity contribution is -0.145. The second-order valence-electron chi connectivity index (χ2n) is 8.40. The molecule has 2 aromatic carbocycles. The predicted molar refractivity (Wildman–Crippen MR) is 128 cm³/mol. The van der Waals surface area contributed by atoms with Gasteiger partial charge < -0.3 is 20.4 Å². The lowest BCUT2D eigenvalue weighted by Crippen LogP contribution is -2.60. The highest BCUT2D eigenvalue weighted by molar-refractivity contribution is 6.30. The second kappa shape index (κ2) is 10.8. The van der Waals surface area contributed by atoms with Crippen LogP contribution in [0.3, 0.4) is 0 Å². The van der Waals surface area contributed by atoms with Crippen molar-refractivity contribution in [3.05, 3.63) is 59.4 Å². The molecule has 2 aliphatic rings. The average Bonchev–Trinajstić information content (AvgIpc) is 2.82. The van der Waals surface area contributed by atoms with Gasteiger partial charge in [0.1, 0.15) is 11.9 Å². The number of rotatable bonds is 6. The summed E-state index contributed by atoms with van der Waals surface area (Å²) in [5, 5.41) is 6.07. The lowest BCUT2D eigenvalue weighted by Gasteiger charge is -2.39. The first-order valence-electron chi connectivity index (χ1n) is 11.2. The molecule has 10 heteroatoms. The fourth-order valence-corrected chi connectivity index (χ4v) is 4.44. The van der Waals surface area contributed by atoms with Crippen molar-refractivity contribution in [3.63, 3.8) is 0 Å². The van der Waals surface area contributed by atoms with Gasteiger partial charge in [-0.15, -0.1) is 0 Å². The topological polar surface area (TPSA) is 85.0 Å². The van der Waals surface area contributed by atoms with Crippen LogP contribution in [0.2, 0.25) is 5.02 Å².